The third-order valence-corrected chi connectivity index (χ3v) is 3.23. The van der Waals surface area contributed by atoms with E-state index in [0.29, 0.717) is 5.92 Å². The first-order valence-electron chi connectivity index (χ1n) is 5.91. The summed E-state index contributed by atoms with van der Waals surface area (Å²) in [5.41, 5.74) is 5.46. The van der Waals surface area contributed by atoms with Gasteiger partial charge in [-0.15, -0.1) is 0 Å². The van der Waals surface area contributed by atoms with E-state index in [4.69, 9.17) is 5.73 Å². The summed E-state index contributed by atoms with van der Waals surface area (Å²) in [5, 5.41) is 7.32. The molecule has 0 spiro atoms. The van der Waals surface area contributed by atoms with Crippen molar-refractivity contribution in [3.05, 3.63) is 11.6 Å². The maximum Gasteiger partial charge on any atom is 0.153 e. The molecule has 4 heteroatoms. The van der Waals surface area contributed by atoms with E-state index in [0.717, 1.165) is 37.0 Å². The molecule has 1 aromatic rings. The van der Waals surface area contributed by atoms with E-state index in [1.165, 1.54) is 19.3 Å². The quantitative estimate of drug-likeness (QED) is 0.789. The molecule has 0 bridgehead atoms. The molecule has 0 amide bonds. The van der Waals surface area contributed by atoms with Crippen molar-refractivity contribution >= 4 is 0 Å². The summed E-state index contributed by atoms with van der Waals surface area (Å²) in [7, 11) is 0. The van der Waals surface area contributed by atoms with Crippen molar-refractivity contribution < 1.29 is 0 Å². The number of hydrogen-bond acceptors (Lipinski definition) is 3. The van der Waals surface area contributed by atoms with Crippen LogP contribution in [-0.2, 0) is 6.42 Å². The van der Waals surface area contributed by atoms with E-state index >= 15 is 0 Å². The van der Waals surface area contributed by atoms with Gasteiger partial charge < -0.3 is 5.73 Å². The van der Waals surface area contributed by atoms with Crippen molar-refractivity contribution in [1.82, 2.24) is 15.2 Å². The summed E-state index contributed by atoms with van der Waals surface area (Å²) < 4.78 is 0. The standard InChI is InChI=1S/C11H20N4/c1-8-4-5-9(7-8)11-13-10(14-15-11)3-2-6-12/h8-9H,2-7,12H2,1H3,(H,13,14,15). The van der Waals surface area contributed by atoms with E-state index in [1.54, 1.807) is 0 Å². The van der Waals surface area contributed by atoms with Crippen LogP contribution in [0.15, 0.2) is 0 Å². The van der Waals surface area contributed by atoms with Crippen molar-refractivity contribution in [2.45, 2.75) is 44.9 Å². The minimum atomic E-state index is 0.586. The Labute approximate surface area is 90.7 Å². The number of hydrogen-bond donors (Lipinski definition) is 2. The lowest BCUT2D eigenvalue weighted by Crippen LogP contribution is -2.01. The highest BCUT2D eigenvalue weighted by Crippen LogP contribution is 2.36. The Morgan fingerprint density at radius 2 is 2.33 bits per heavy atom. The zero-order chi connectivity index (χ0) is 10.7. The summed E-state index contributed by atoms with van der Waals surface area (Å²) in [4.78, 5) is 4.54. The first-order chi connectivity index (χ1) is 7.29. The highest BCUT2D eigenvalue weighted by Gasteiger charge is 2.25. The van der Waals surface area contributed by atoms with Crippen LogP contribution in [0.25, 0.3) is 0 Å². The number of nitrogens with zero attached hydrogens (tertiary/aromatic N) is 2. The molecule has 2 rings (SSSR count). The van der Waals surface area contributed by atoms with Gasteiger partial charge in [0, 0.05) is 12.3 Å². The summed E-state index contributed by atoms with van der Waals surface area (Å²) in [6.45, 7) is 3.03. The number of nitrogens with two attached hydrogens (primary N) is 1. The fourth-order valence-electron chi connectivity index (χ4n) is 2.32. The number of aromatic amines is 1. The second kappa shape index (κ2) is 4.75. The van der Waals surface area contributed by atoms with Crippen LogP contribution in [0.5, 0.6) is 0 Å². The summed E-state index contributed by atoms with van der Waals surface area (Å²) in [6.07, 6.45) is 5.71. The Kier molecular flexibility index (Phi) is 3.36. The van der Waals surface area contributed by atoms with Gasteiger partial charge in [-0.2, -0.15) is 5.10 Å². The Morgan fingerprint density at radius 3 is 3.00 bits per heavy atom. The topological polar surface area (TPSA) is 67.6 Å². The first-order valence-corrected chi connectivity index (χ1v) is 5.91. The minimum Gasteiger partial charge on any atom is -0.330 e. The van der Waals surface area contributed by atoms with Crippen LogP contribution in [0.2, 0.25) is 0 Å². The Morgan fingerprint density at radius 1 is 1.47 bits per heavy atom. The second-order valence-electron chi connectivity index (χ2n) is 4.65. The molecule has 2 unspecified atom stereocenters. The molecule has 1 fully saturated rings. The van der Waals surface area contributed by atoms with Gasteiger partial charge in [0.2, 0.25) is 0 Å². The van der Waals surface area contributed by atoms with Gasteiger partial charge in [-0.05, 0) is 38.1 Å². The van der Waals surface area contributed by atoms with Crippen LogP contribution in [-0.4, -0.2) is 21.7 Å². The molecule has 0 radical (unpaired) electrons. The molecule has 0 saturated heterocycles. The Bertz CT molecular complexity index is 307. The highest BCUT2D eigenvalue weighted by molar-refractivity contribution is 5.01. The average Bonchev–Trinajstić information content (AvgIpc) is 2.83. The van der Waals surface area contributed by atoms with Gasteiger partial charge in [0.05, 0.1) is 0 Å². The molecule has 3 N–H and O–H groups in total. The number of nitrogens with one attached hydrogen (secondary N) is 1. The maximum absolute atomic E-state index is 5.46. The number of H-pyrrole nitrogens is 1. The lowest BCUT2D eigenvalue weighted by atomic mass is 10.1. The molecule has 15 heavy (non-hydrogen) atoms. The minimum absolute atomic E-state index is 0.586. The van der Waals surface area contributed by atoms with Crippen molar-refractivity contribution in [2.24, 2.45) is 11.7 Å². The number of rotatable bonds is 4. The third kappa shape index (κ3) is 2.56. The summed E-state index contributed by atoms with van der Waals surface area (Å²) in [5.74, 6) is 3.44. The normalized spacial score (nSPS) is 26.0. The van der Waals surface area contributed by atoms with E-state index in [9.17, 15) is 0 Å². The van der Waals surface area contributed by atoms with Crippen LogP contribution in [0, 0.1) is 5.92 Å². The Balaban J connectivity index is 1.94. The summed E-state index contributed by atoms with van der Waals surface area (Å²) >= 11 is 0. The molecule has 1 aliphatic carbocycles. The molecule has 1 aromatic heterocycles. The van der Waals surface area contributed by atoms with Gasteiger partial charge >= 0.3 is 0 Å². The molecule has 1 heterocycles. The van der Waals surface area contributed by atoms with Gasteiger partial charge in [-0.3, -0.25) is 5.10 Å². The van der Waals surface area contributed by atoms with Crippen molar-refractivity contribution in [3.8, 4) is 0 Å². The van der Waals surface area contributed by atoms with Gasteiger partial charge in [0.15, 0.2) is 5.82 Å². The fourth-order valence-corrected chi connectivity index (χ4v) is 2.32. The predicted molar refractivity (Wildman–Crippen MR) is 59.5 cm³/mol. The molecule has 1 aliphatic rings. The first kappa shape index (κ1) is 10.6. The predicted octanol–water partition coefficient (Wildman–Crippen LogP) is 1.60. The zero-order valence-electron chi connectivity index (χ0n) is 9.37. The Hall–Kier alpha value is -0.900. The lowest BCUT2D eigenvalue weighted by molar-refractivity contribution is 0.586. The van der Waals surface area contributed by atoms with E-state index < -0.39 is 0 Å². The molecular formula is C11H20N4. The molecule has 4 nitrogen and oxygen atoms in total. The zero-order valence-corrected chi connectivity index (χ0v) is 9.37. The number of aromatic nitrogens is 3. The third-order valence-electron chi connectivity index (χ3n) is 3.23. The van der Waals surface area contributed by atoms with Gasteiger partial charge in [-0.25, -0.2) is 4.98 Å². The summed E-state index contributed by atoms with van der Waals surface area (Å²) in [6, 6.07) is 0. The smallest absolute Gasteiger partial charge is 0.153 e. The van der Waals surface area contributed by atoms with Crippen LogP contribution in [0.4, 0.5) is 0 Å². The molecule has 0 aromatic carbocycles. The molecule has 0 aliphatic heterocycles. The highest BCUT2D eigenvalue weighted by atomic mass is 15.2. The van der Waals surface area contributed by atoms with E-state index in [2.05, 4.69) is 22.1 Å². The molecule has 1 saturated carbocycles. The van der Waals surface area contributed by atoms with Gasteiger partial charge in [0.1, 0.15) is 5.82 Å². The average molecular weight is 208 g/mol. The van der Waals surface area contributed by atoms with Crippen LogP contribution in [0.3, 0.4) is 0 Å². The van der Waals surface area contributed by atoms with Crippen LogP contribution >= 0.6 is 0 Å². The van der Waals surface area contributed by atoms with Crippen molar-refractivity contribution in [3.63, 3.8) is 0 Å². The second-order valence-corrected chi connectivity index (χ2v) is 4.65. The monoisotopic (exact) mass is 208 g/mol. The SMILES string of the molecule is CC1CCC(c2n[nH]c(CCCN)n2)C1. The molecule has 2 atom stereocenters. The number of aryl methyl sites for hydroxylation is 1. The van der Waals surface area contributed by atoms with Gasteiger partial charge in [0.25, 0.3) is 0 Å². The van der Waals surface area contributed by atoms with E-state index in [-0.39, 0.29) is 0 Å². The van der Waals surface area contributed by atoms with Crippen LogP contribution < -0.4 is 5.73 Å². The lowest BCUT2D eigenvalue weighted by Gasteiger charge is -2.02. The maximum atomic E-state index is 5.46. The largest absolute Gasteiger partial charge is 0.330 e. The van der Waals surface area contributed by atoms with E-state index in [1.807, 2.05) is 0 Å². The van der Waals surface area contributed by atoms with Crippen molar-refractivity contribution in [1.29, 1.82) is 0 Å². The fraction of sp³-hybridized carbons (Fsp3) is 0.818. The molecular weight excluding hydrogens is 188 g/mol. The van der Waals surface area contributed by atoms with Crippen LogP contribution in [0.1, 0.15) is 50.2 Å². The molecule has 84 valence electrons. The van der Waals surface area contributed by atoms with Crippen molar-refractivity contribution in [2.75, 3.05) is 6.54 Å². The van der Waals surface area contributed by atoms with Gasteiger partial charge in [-0.1, -0.05) is 6.92 Å².